The van der Waals surface area contributed by atoms with Crippen molar-refractivity contribution in [3.63, 3.8) is 0 Å². The van der Waals surface area contributed by atoms with Crippen LogP contribution in [0.25, 0.3) is 5.82 Å². The van der Waals surface area contributed by atoms with Gasteiger partial charge in [-0.2, -0.15) is 5.10 Å². The van der Waals surface area contributed by atoms with Gasteiger partial charge in [-0.3, -0.25) is 0 Å². The molecule has 0 aliphatic rings. The zero-order chi connectivity index (χ0) is 9.26. The Morgan fingerprint density at radius 1 is 1.46 bits per heavy atom. The zero-order valence-corrected chi connectivity index (χ0v) is 7.65. The second kappa shape index (κ2) is 3.14. The van der Waals surface area contributed by atoms with Crippen molar-refractivity contribution in [3.8, 4) is 5.82 Å². The van der Waals surface area contributed by atoms with E-state index in [1.165, 1.54) is 11.0 Å². The van der Waals surface area contributed by atoms with Gasteiger partial charge in [0.05, 0.1) is 11.9 Å². The lowest BCUT2D eigenvalue weighted by Crippen LogP contribution is -1.98. The van der Waals surface area contributed by atoms with Crippen LogP contribution in [0.3, 0.4) is 0 Å². The summed E-state index contributed by atoms with van der Waals surface area (Å²) in [5, 5.41) is 4.53. The summed E-state index contributed by atoms with van der Waals surface area (Å²) in [5.74, 6) is 0.619. The Morgan fingerprint density at radius 2 is 2.31 bits per heavy atom. The molecule has 0 N–H and O–H groups in total. The van der Waals surface area contributed by atoms with Gasteiger partial charge in [-0.05, 0) is 13.0 Å². The third-order valence-electron chi connectivity index (χ3n) is 1.49. The Bertz CT molecular complexity index is 424. The van der Waals surface area contributed by atoms with E-state index < -0.39 is 0 Å². The fourth-order valence-corrected chi connectivity index (χ4v) is 1.07. The Morgan fingerprint density at radius 3 is 2.92 bits per heavy atom. The van der Waals surface area contributed by atoms with Crippen LogP contribution in [0.1, 0.15) is 5.69 Å². The largest absolute Gasteiger partial charge is 0.224 e. The van der Waals surface area contributed by atoms with E-state index in [1.54, 1.807) is 12.1 Å². The van der Waals surface area contributed by atoms with E-state index in [9.17, 15) is 0 Å². The predicted octanol–water partition coefficient (Wildman–Crippen LogP) is 1.42. The topological polar surface area (TPSA) is 43.6 Å². The first-order valence-corrected chi connectivity index (χ1v) is 4.06. The van der Waals surface area contributed by atoms with Gasteiger partial charge in [0.1, 0.15) is 11.5 Å². The normalized spacial score (nSPS) is 10.3. The van der Waals surface area contributed by atoms with Crippen molar-refractivity contribution in [2.75, 3.05) is 0 Å². The van der Waals surface area contributed by atoms with Gasteiger partial charge in [0.15, 0.2) is 5.82 Å². The molecule has 2 aromatic heterocycles. The molecule has 1 radical (unpaired) electrons. The Kier molecular flexibility index (Phi) is 1.98. The number of hydrogen-bond donors (Lipinski definition) is 0. The summed E-state index contributed by atoms with van der Waals surface area (Å²) in [6.07, 6.45) is 4.30. The van der Waals surface area contributed by atoms with E-state index in [-0.39, 0.29) is 0 Å². The highest BCUT2D eigenvalue weighted by molar-refractivity contribution is 6.29. The maximum atomic E-state index is 5.70. The summed E-state index contributed by atoms with van der Waals surface area (Å²) < 4.78 is 1.53. The molecular formula is C8H6ClN4. The smallest absolute Gasteiger partial charge is 0.158 e. The fourth-order valence-electron chi connectivity index (χ4n) is 0.927. The summed E-state index contributed by atoms with van der Waals surface area (Å²) in [4.78, 5) is 7.77. The minimum atomic E-state index is 0.395. The second-order valence-corrected chi connectivity index (χ2v) is 2.91. The monoisotopic (exact) mass is 193 g/mol. The molecule has 0 fully saturated rings. The van der Waals surface area contributed by atoms with Gasteiger partial charge < -0.3 is 0 Å². The molecule has 0 aromatic carbocycles. The van der Waals surface area contributed by atoms with Crippen LogP contribution in [0.15, 0.2) is 18.5 Å². The van der Waals surface area contributed by atoms with Crippen LogP contribution in [0.4, 0.5) is 0 Å². The lowest BCUT2D eigenvalue weighted by molar-refractivity contribution is 0.821. The van der Waals surface area contributed by atoms with E-state index in [0.717, 1.165) is 5.69 Å². The zero-order valence-electron chi connectivity index (χ0n) is 6.90. The number of aromatic nitrogens is 4. The Labute approximate surface area is 80.2 Å². The van der Waals surface area contributed by atoms with Crippen molar-refractivity contribution < 1.29 is 0 Å². The van der Waals surface area contributed by atoms with E-state index in [4.69, 9.17) is 11.6 Å². The minimum Gasteiger partial charge on any atom is -0.224 e. The van der Waals surface area contributed by atoms with E-state index in [0.29, 0.717) is 11.0 Å². The molecule has 0 aliphatic carbocycles. The highest BCUT2D eigenvalue weighted by Gasteiger charge is 2.00. The summed E-state index contributed by atoms with van der Waals surface area (Å²) >= 11 is 5.70. The molecule has 65 valence electrons. The molecule has 5 heteroatoms. The third kappa shape index (κ3) is 1.67. The molecule has 2 rings (SSSR count). The predicted molar refractivity (Wildman–Crippen MR) is 47.7 cm³/mol. The number of aryl methyl sites for hydroxylation is 1. The molecule has 13 heavy (non-hydrogen) atoms. The number of nitrogens with zero attached hydrogens (tertiary/aromatic N) is 4. The number of rotatable bonds is 1. The van der Waals surface area contributed by atoms with Crippen molar-refractivity contribution in [3.05, 3.63) is 35.5 Å². The average molecular weight is 194 g/mol. The molecule has 4 nitrogen and oxygen atoms in total. The van der Waals surface area contributed by atoms with Crippen LogP contribution in [-0.4, -0.2) is 19.7 Å². The molecule has 0 bridgehead atoms. The Balaban J connectivity index is 2.46. The molecule has 0 spiro atoms. The van der Waals surface area contributed by atoms with Crippen LogP contribution >= 0.6 is 11.6 Å². The second-order valence-electron chi connectivity index (χ2n) is 2.53. The molecule has 2 aromatic rings. The molecule has 0 amide bonds. The molecule has 0 saturated heterocycles. The lowest BCUT2D eigenvalue weighted by Gasteiger charge is -1.97. The molecule has 2 heterocycles. The Hall–Kier alpha value is -1.42. The average Bonchev–Trinajstić information content (AvgIpc) is 2.52. The number of halogens is 1. The quantitative estimate of drug-likeness (QED) is 0.644. The number of hydrogen-bond acceptors (Lipinski definition) is 3. The van der Waals surface area contributed by atoms with Crippen LogP contribution < -0.4 is 0 Å². The summed E-state index contributed by atoms with van der Waals surface area (Å²) in [6, 6.07) is 3.40. The van der Waals surface area contributed by atoms with Gasteiger partial charge in [-0.15, -0.1) is 0 Å². The van der Waals surface area contributed by atoms with Crippen LogP contribution in [0, 0.1) is 13.1 Å². The van der Waals surface area contributed by atoms with Crippen LogP contribution in [0.5, 0.6) is 0 Å². The molecule has 0 aliphatic heterocycles. The van der Waals surface area contributed by atoms with E-state index in [2.05, 4.69) is 21.3 Å². The minimum absolute atomic E-state index is 0.395. The molecule has 0 atom stereocenters. The first kappa shape index (κ1) is 8.19. The maximum Gasteiger partial charge on any atom is 0.158 e. The lowest BCUT2D eigenvalue weighted by atomic mass is 10.5. The summed E-state index contributed by atoms with van der Waals surface area (Å²) in [5.41, 5.74) is 0.884. The van der Waals surface area contributed by atoms with Gasteiger partial charge in [0.2, 0.25) is 0 Å². The van der Waals surface area contributed by atoms with Gasteiger partial charge in [0, 0.05) is 6.07 Å². The molecule has 0 saturated carbocycles. The first-order valence-electron chi connectivity index (χ1n) is 3.68. The molecule has 0 unspecified atom stereocenters. The summed E-state index contributed by atoms with van der Waals surface area (Å²) in [7, 11) is 0. The van der Waals surface area contributed by atoms with Gasteiger partial charge >= 0.3 is 0 Å². The van der Waals surface area contributed by atoms with Crippen LogP contribution in [-0.2, 0) is 0 Å². The molecular weight excluding hydrogens is 188 g/mol. The van der Waals surface area contributed by atoms with Gasteiger partial charge in [-0.1, -0.05) is 11.6 Å². The van der Waals surface area contributed by atoms with E-state index >= 15 is 0 Å². The fraction of sp³-hybridized carbons (Fsp3) is 0.125. The van der Waals surface area contributed by atoms with Crippen molar-refractivity contribution in [1.29, 1.82) is 0 Å². The first-order chi connectivity index (χ1) is 6.25. The highest BCUT2D eigenvalue weighted by Crippen LogP contribution is 2.07. The standard InChI is InChI=1S/C8H6ClN4/c1-6-2-3-13(12-6)8-4-7(9)10-5-11-8/h2,4-5H,1H3. The highest BCUT2D eigenvalue weighted by atomic mass is 35.5. The third-order valence-corrected chi connectivity index (χ3v) is 1.70. The SMILES string of the molecule is Cc1c[c]n(-c2cc(Cl)ncn2)n1. The van der Waals surface area contributed by atoms with Gasteiger partial charge in [0.25, 0.3) is 0 Å². The van der Waals surface area contributed by atoms with Gasteiger partial charge in [-0.25, -0.2) is 14.6 Å². The van der Waals surface area contributed by atoms with Crippen molar-refractivity contribution in [1.82, 2.24) is 19.7 Å². The van der Waals surface area contributed by atoms with Crippen LogP contribution in [0.2, 0.25) is 5.15 Å². The van der Waals surface area contributed by atoms with Crippen molar-refractivity contribution in [2.24, 2.45) is 0 Å². The maximum absolute atomic E-state index is 5.70. The van der Waals surface area contributed by atoms with Crippen molar-refractivity contribution >= 4 is 11.6 Å². The summed E-state index contributed by atoms with van der Waals surface area (Å²) in [6.45, 7) is 1.88. The van der Waals surface area contributed by atoms with E-state index in [1.807, 2.05) is 6.92 Å². The van der Waals surface area contributed by atoms with Crippen molar-refractivity contribution in [2.45, 2.75) is 6.92 Å².